The van der Waals surface area contributed by atoms with Crippen molar-refractivity contribution in [2.45, 2.75) is 4.90 Å². The van der Waals surface area contributed by atoms with Crippen LogP contribution in [-0.4, -0.2) is 12.0 Å². The third kappa shape index (κ3) is 2.41. The van der Waals surface area contributed by atoms with Gasteiger partial charge in [0.05, 0.1) is 22.4 Å². The molecule has 0 amide bonds. The molecule has 0 aliphatic carbocycles. The number of anilines is 1. The average molecular weight is 336 g/mol. The van der Waals surface area contributed by atoms with E-state index in [9.17, 15) is 14.4 Å². The fourth-order valence-electron chi connectivity index (χ4n) is 2.76. The van der Waals surface area contributed by atoms with Crippen LogP contribution in [0, 0.1) is 17.1 Å². The van der Waals surface area contributed by atoms with Crippen LogP contribution in [0.3, 0.4) is 0 Å². The Balaban J connectivity index is 2.40. The maximum Gasteiger partial charge on any atom is 0.199 e. The van der Waals surface area contributed by atoms with Gasteiger partial charge in [-0.15, -0.1) is 11.8 Å². The van der Waals surface area contributed by atoms with Crippen molar-refractivity contribution in [1.29, 1.82) is 5.26 Å². The number of ketones is 1. The molecule has 118 valence electrons. The average Bonchev–Trinajstić information content (AvgIpc) is 2.61. The monoisotopic (exact) mass is 336 g/mol. The van der Waals surface area contributed by atoms with Crippen molar-refractivity contribution in [3.05, 3.63) is 71.0 Å². The first kappa shape index (κ1) is 16.0. The van der Waals surface area contributed by atoms with Crippen LogP contribution in [0.4, 0.5) is 10.1 Å². The molecule has 0 saturated heterocycles. The molecule has 2 N–H and O–H groups in total. The third-order valence-electron chi connectivity index (χ3n) is 3.87. The van der Waals surface area contributed by atoms with Crippen molar-refractivity contribution in [2.24, 2.45) is 0 Å². The fraction of sp³-hybridized carbons (Fsp3) is 0.0526. The molecular formula is C19H13FN2OS. The number of rotatable bonds is 3. The number of fused-ring (bicyclic) bond motifs is 1. The Labute approximate surface area is 142 Å². The maximum absolute atomic E-state index is 14.1. The molecule has 0 heterocycles. The predicted molar refractivity (Wildman–Crippen MR) is 94.7 cm³/mol. The maximum atomic E-state index is 14.1. The summed E-state index contributed by atoms with van der Waals surface area (Å²) < 4.78 is 14.1. The van der Waals surface area contributed by atoms with Gasteiger partial charge < -0.3 is 5.73 Å². The van der Waals surface area contributed by atoms with Crippen LogP contribution in [0.2, 0.25) is 0 Å². The number of hydrogen-bond donors (Lipinski definition) is 1. The number of nitriles is 1. The van der Waals surface area contributed by atoms with Gasteiger partial charge in [0.2, 0.25) is 0 Å². The number of halogens is 1. The molecule has 0 fully saturated rings. The number of nitrogen functional groups attached to an aromatic ring is 1. The van der Waals surface area contributed by atoms with Crippen molar-refractivity contribution in [2.75, 3.05) is 12.0 Å². The standard InChI is InChI=1S/C19H13FN2OS/c1-24-19-14(10-21)11-6-2-3-7-12(11)17(22)16(19)18(23)13-8-4-5-9-15(13)20/h2-9H,22H2,1H3. The van der Waals surface area contributed by atoms with Crippen molar-refractivity contribution < 1.29 is 9.18 Å². The summed E-state index contributed by atoms with van der Waals surface area (Å²) in [5.41, 5.74) is 7.02. The highest BCUT2D eigenvalue weighted by molar-refractivity contribution is 7.98. The Morgan fingerprint density at radius 1 is 1.12 bits per heavy atom. The molecular weight excluding hydrogens is 323 g/mol. The number of carbonyl (C=O) groups is 1. The second-order valence-corrected chi connectivity index (χ2v) is 5.98. The number of carbonyl (C=O) groups excluding carboxylic acids is 1. The van der Waals surface area contributed by atoms with Gasteiger partial charge in [0, 0.05) is 15.7 Å². The summed E-state index contributed by atoms with van der Waals surface area (Å²) in [5.74, 6) is -1.13. The normalized spacial score (nSPS) is 10.5. The van der Waals surface area contributed by atoms with E-state index in [2.05, 4.69) is 6.07 Å². The summed E-state index contributed by atoms with van der Waals surface area (Å²) in [6.45, 7) is 0. The lowest BCUT2D eigenvalue weighted by Gasteiger charge is -2.15. The lowest BCUT2D eigenvalue weighted by molar-refractivity contribution is 0.103. The fourth-order valence-corrected chi connectivity index (χ4v) is 3.53. The summed E-state index contributed by atoms with van der Waals surface area (Å²) in [5, 5.41) is 10.9. The number of benzene rings is 3. The summed E-state index contributed by atoms with van der Waals surface area (Å²) >= 11 is 1.26. The van der Waals surface area contributed by atoms with Crippen molar-refractivity contribution in [3.63, 3.8) is 0 Å². The molecule has 0 unspecified atom stereocenters. The quantitative estimate of drug-likeness (QED) is 0.438. The summed E-state index contributed by atoms with van der Waals surface area (Å²) in [7, 11) is 0. The van der Waals surface area contributed by atoms with Crippen LogP contribution in [0.5, 0.6) is 0 Å². The van der Waals surface area contributed by atoms with Gasteiger partial charge in [-0.3, -0.25) is 4.79 Å². The number of nitrogens with two attached hydrogens (primary N) is 1. The second-order valence-electron chi connectivity index (χ2n) is 5.16. The molecule has 3 rings (SSSR count). The molecule has 0 aliphatic rings. The lowest BCUT2D eigenvalue weighted by Crippen LogP contribution is -2.11. The Hall–Kier alpha value is -2.84. The molecule has 0 atom stereocenters. The van der Waals surface area contributed by atoms with Gasteiger partial charge in [-0.05, 0) is 18.4 Å². The van der Waals surface area contributed by atoms with E-state index in [0.29, 0.717) is 21.2 Å². The van der Waals surface area contributed by atoms with Gasteiger partial charge in [0.15, 0.2) is 5.78 Å². The molecule has 0 saturated carbocycles. The van der Waals surface area contributed by atoms with E-state index < -0.39 is 11.6 Å². The SMILES string of the molecule is CSc1c(C(=O)c2ccccc2F)c(N)c2ccccc2c1C#N. The van der Waals surface area contributed by atoms with Crippen molar-refractivity contribution in [3.8, 4) is 6.07 Å². The first-order valence-electron chi connectivity index (χ1n) is 7.17. The van der Waals surface area contributed by atoms with Crippen LogP contribution in [-0.2, 0) is 0 Å². The minimum Gasteiger partial charge on any atom is -0.398 e. The largest absolute Gasteiger partial charge is 0.398 e. The van der Waals surface area contributed by atoms with E-state index in [4.69, 9.17) is 5.73 Å². The van der Waals surface area contributed by atoms with Crippen LogP contribution in [0.15, 0.2) is 53.4 Å². The van der Waals surface area contributed by atoms with Crippen molar-refractivity contribution >= 4 is 34.0 Å². The molecule has 0 bridgehead atoms. The Kier molecular flexibility index (Phi) is 4.24. The smallest absolute Gasteiger partial charge is 0.199 e. The van der Waals surface area contributed by atoms with Gasteiger partial charge in [-0.2, -0.15) is 5.26 Å². The Morgan fingerprint density at radius 2 is 1.75 bits per heavy atom. The van der Waals surface area contributed by atoms with Crippen molar-refractivity contribution in [1.82, 2.24) is 0 Å². The van der Waals surface area contributed by atoms with Gasteiger partial charge >= 0.3 is 0 Å². The van der Waals surface area contributed by atoms with Gasteiger partial charge in [-0.25, -0.2) is 4.39 Å². The topological polar surface area (TPSA) is 66.9 Å². The first-order chi connectivity index (χ1) is 11.6. The molecule has 0 radical (unpaired) electrons. The van der Waals surface area contributed by atoms with Crippen LogP contribution >= 0.6 is 11.8 Å². The number of hydrogen-bond acceptors (Lipinski definition) is 4. The number of thioether (sulfide) groups is 1. The molecule has 5 heteroatoms. The van der Waals surface area contributed by atoms with Gasteiger partial charge in [-0.1, -0.05) is 36.4 Å². The van der Waals surface area contributed by atoms with E-state index in [0.717, 1.165) is 0 Å². The minimum absolute atomic E-state index is 0.0568. The predicted octanol–water partition coefficient (Wildman–Crippen LogP) is 4.39. The van der Waals surface area contributed by atoms with E-state index >= 15 is 0 Å². The minimum atomic E-state index is -0.611. The van der Waals surface area contributed by atoms with Gasteiger partial charge in [0.25, 0.3) is 0 Å². The zero-order valence-corrected chi connectivity index (χ0v) is 13.7. The molecule has 0 aliphatic heterocycles. The van der Waals surface area contributed by atoms with Crippen LogP contribution in [0.25, 0.3) is 10.8 Å². The summed E-state index contributed by atoms with van der Waals surface area (Å²) in [4.78, 5) is 13.4. The molecule has 3 aromatic rings. The zero-order valence-electron chi connectivity index (χ0n) is 12.8. The lowest BCUT2D eigenvalue weighted by atomic mass is 9.94. The highest BCUT2D eigenvalue weighted by Crippen LogP contribution is 2.38. The van der Waals surface area contributed by atoms with E-state index in [1.165, 1.54) is 30.0 Å². The first-order valence-corrected chi connectivity index (χ1v) is 8.40. The summed E-state index contributed by atoms with van der Waals surface area (Å²) in [6.07, 6.45) is 1.77. The van der Waals surface area contributed by atoms with Gasteiger partial charge in [0.1, 0.15) is 11.9 Å². The molecule has 0 aromatic heterocycles. The Morgan fingerprint density at radius 3 is 2.38 bits per heavy atom. The highest BCUT2D eigenvalue weighted by atomic mass is 32.2. The molecule has 3 aromatic carbocycles. The summed E-state index contributed by atoms with van der Waals surface area (Å²) in [6, 6.07) is 15.1. The number of nitrogens with zero attached hydrogens (tertiary/aromatic N) is 1. The zero-order chi connectivity index (χ0) is 17.3. The van der Waals surface area contributed by atoms with Crippen LogP contribution in [0.1, 0.15) is 21.5 Å². The molecule has 3 nitrogen and oxygen atoms in total. The molecule has 24 heavy (non-hydrogen) atoms. The van der Waals surface area contributed by atoms with E-state index in [1.54, 1.807) is 30.5 Å². The van der Waals surface area contributed by atoms with E-state index in [-0.39, 0.29) is 16.8 Å². The Bertz CT molecular complexity index is 1010. The molecule has 0 spiro atoms. The third-order valence-corrected chi connectivity index (χ3v) is 4.69. The van der Waals surface area contributed by atoms with Crippen LogP contribution < -0.4 is 5.73 Å². The second kappa shape index (κ2) is 6.34. The van der Waals surface area contributed by atoms with E-state index in [1.807, 2.05) is 6.07 Å². The highest BCUT2D eigenvalue weighted by Gasteiger charge is 2.24.